The zero-order valence-corrected chi connectivity index (χ0v) is 14.2. The second-order valence-corrected chi connectivity index (χ2v) is 5.29. The quantitative estimate of drug-likeness (QED) is 0.846. The summed E-state index contributed by atoms with van der Waals surface area (Å²) >= 11 is 0. The summed E-state index contributed by atoms with van der Waals surface area (Å²) in [5, 5.41) is 2.88. The number of nitrogens with zero attached hydrogens (tertiary/aromatic N) is 1. The van der Waals surface area contributed by atoms with Crippen molar-refractivity contribution >= 4 is 18.4 Å². The first-order valence-corrected chi connectivity index (χ1v) is 7.37. The highest BCUT2D eigenvalue weighted by Crippen LogP contribution is 2.17. The SMILES string of the molecule is CCN(CC)C(=O)NCC(N)c1ccc(C(C)C)cc1.Cl. The summed E-state index contributed by atoms with van der Waals surface area (Å²) in [5.41, 5.74) is 8.47. The van der Waals surface area contributed by atoms with Gasteiger partial charge in [-0.1, -0.05) is 38.1 Å². The number of hydrogen-bond acceptors (Lipinski definition) is 2. The van der Waals surface area contributed by atoms with Gasteiger partial charge in [-0.2, -0.15) is 0 Å². The van der Waals surface area contributed by atoms with E-state index in [1.165, 1.54) is 5.56 Å². The third-order valence-electron chi connectivity index (χ3n) is 3.56. The van der Waals surface area contributed by atoms with Crippen LogP contribution in [0.15, 0.2) is 24.3 Å². The molecule has 1 aromatic carbocycles. The highest BCUT2D eigenvalue weighted by molar-refractivity contribution is 5.85. The molecule has 4 nitrogen and oxygen atoms in total. The Labute approximate surface area is 134 Å². The summed E-state index contributed by atoms with van der Waals surface area (Å²) in [5.74, 6) is 0.516. The van der Waals surface area contributed by atoms with E-state index in [1.54, 1.807) is 4.90 Å². The number of amides is 2. The lowest BCUT2D eigenvalue weighted by Gasteiger charge is -2.21. The fourth-order valence-corrected chi connectivity index (χ4v) is 2.07. The van der Waals surface area contributed by atoms with Crippen LogP contribution in [0.4, 0.5) is 4.79 Å². The first-order valence-electron chi connectivity index (χ1n) is 7.37. The number of halogens is 1. The number of hydrogen-bond donors (Lipinski definition) is 2. The highest BCUT2D eigenvalue weighted by Gasteiger charge is 2.12. The molecular weight excluding hydrogens is 286 g/mol. The van der Waals surface area contributed by atoms with Crippen LogP contribution in [0.25, 0.3) is 0 Å². The van der Waals surface area contributed by atoms with Gasteiger partial charge in [0.1, 0.15) is 0 Å². The monoisotopic (exact) mass is 313 g/mol. The van der Waals surface area contributed by atoms with Crippen molar-refractivity contribution in [3.63, 3.8) is 0 Å². The molecule has 3 N–H and O–H groups in total. The van der Waals surface area contributed by atoms with E-state index in [1.807, 2.05) is 26.0 Å². The minimum Gasteiger partial charge on any atom is -0.336 e. The normalized spacial score (nSPS) is 11.7. The van der Waals surface area contributed by atoms with Gasteiger partial charge in [-0.05, 0) is 30.9 Å². The summed E-state index contributed by atoms with van der Waals surface area (Å²) in [6.07, 6.45) is 0. The fourth-order valence-electron chi connectivity index (χ4n) is 2.07. The molecule has 0 bridgehead atoms. The number of carbonyl (C=O) groups is 1. The molecule has 0 aromatic heterocycles. The maximum absolute atomic E-state index is 11.8. The molecule has 0 aliphatic heterocycles. The Morgan fingerprint density at radius 3 is 2.05 bits per heavy atom. The molecule has 5 heteroatoms. The predicted octanol–water partition coefficient (Wildman–Crippen LogP) is 3.28. The van der Waals surface area contributed by atoms with Gasteiger partial charge in [0.2, 0.25) is 0 Å². The first kappa shape index (κ1) is 19.7. The Morgan fingerprint density at radius 2 is 1.62 bits per heavy atom. The van der Waals surface area contributed by atoms with Crippen molar-refractivity contribution in [3.05, 3.63) is 35.4 Å². The van der Waals surface area contributed by atoms with Gasteiger partial charge < -0.3 is 16.0 Å². The van der Waals surface area contributed by atoms with E-state index < -0.39 is 0 Å². The molecule has 1 unspecified atom stereocenters. The van der Waals surface area contributed by atoms with Crippen molar-refractivity contribution in [3.8, 4) is 0 Å². The predicted molar refractivity (Wildman–Crippen MR) is 91.0 cm³/mol. The van der Waals surface area contributed by atoms with Crippen LogP contribution in [-0.2, 0) is 0 Å². The molecule has 0 saturated heterocycles. The summed E-state index contributed by atoms with van der Waals surface area (Å²) in [6, 6.07) is 8.07. The van der Waals surface area contributed by atoms with Gasteiger partial charge in [-0.15, -0.1) is 12.4 Å². The minimum atomic E-state index is -0.171. The van der Waals surface area contributed by atoms with Crippen LogP contribution in [0, 0.1) is 0 Å². The van der Waals surface area contributed by atoms with Crippen molar-refractivity contribution < 1.29 is 4.79 Å². The van der Waals surface area contributed by atoms with E-state index in [4.69, 9.17) is 5.73 Å². The average Bonchev–Trinajstić information content (AvgIpc) is 2.46. The molecule has 0 heterocycles. The highest BCUT2D eigenvalue weighted by atomic mass is 35.5. The standard InChI is InChI=1S/C16H27N3O.ClH/c1-5-19(6-2)16(20)18-11-15(17)14-9-7-13(8-10-14)12(3)4;/h7-10,12,15H,5-6,11,17H2,1-4H3,(H,18,20);1H. The van der Waals surface area contributed by atoms with Gasteiger partial charge in [0, 0.05) is 25.7 Å². The lowest BCUT2D eigenvalue weighted by Crippen LogP contribution is -2.42. The van der Waals surface area contributed by atoms with E-state index in [2.05, 4.69) is 31.3 Å². The van der Waals surface area contributed by atoms with Gasteiger partial charge in [0.05, 0.1) is 0 Å². The van der Waals surface area contributed by atoms with Crippen molar-refractivity contribution in [2.45, 2.75) is 39.7 Å². The molecule has 120 valence electrons. The van der Waals surface area contributed by atoms with E-state index >= 15 is 0 Å². The lowest BCUT2D eigenvalue weighted by atomic mass is 9.99. The van der Waals surface area contributed by atoms with Crippen LogP contribution in [-0.4, -0.2) is 30.6 Å². The summed E-state index contributed by atoms with van der Waals surface area (Å²) in [6.45, 7) is 10.1. The van der Waals surface area contributed by atoms with Crippen LogP contribution in [0.3, 0.4) is 0 Å². The summed E-state index contributed by atoms with van der Waals surface area (Å²) < 4.78 is 0. The van der Waals surface area contributed by atoms with Crippen molar-refractivity contribution in [2.75, 3.05) is 19.6 Å². The van der Waals surface area contributed by atoms with E-state index in [0.29, 0.717) is 25.6 Å². The molecule has 1 rings (SSSR count). The van der Waals surface area contributed by atoms with E-state index in [0.717, 1.165) is 5.56 Å². The number of carbonyl (C=O) groups excluding carboxylic acids is 1. The van der Waals surface area contributed by atoms with Gasteiger partial charge in [-0.3, -0.25) is 0 Å². The second kappa shape index (κ2) is 9.64. The Balaban J connectivity index is 0.00000400. The first-order chi connectivity index (χ1) is 9.49. The largest absolute Gasteiger partial charge is 0.336 e. The maximum atomic E-state index is 11.8. The third-order valence-corrected chi connectivity index (χ3v) is 3.56. The molecule has 0 fully saturated rings. The van der Waals surface area contributed by atoms with E-state index in [-0.39, 0.29) is 24.5 Å². The number of rotatable bonds is 6. The lowest BCUT2D eigenvalue weighted by molar-refractivity contribution is 0.202. The second-order valence-electron chi connectivity index (χ2n) is 5.29. The minimum absolute atomic E-state index is 0. The molecule has 0 saturated carbocycles. The van der Waals surface area contributed by atoms with Crippen molar-refractivity contribution in [1.82, 2.24) is 10.2 Å². The van der Waals surface area contributed by atoms with Gasteiger partial charge in [-0.25, -0.2) is 4.79 Å². The molecule has 2 amide bonds. The Morgan fingerprint density at radius 1 is 1.14 bits per heavy atom. The molecule has 0 aliphatic rings. The van der Waals surface area contributed by atoms with Crippen LogP contribution in [0.1, 0.15) is 50.8 Å². The van der Waals surface area contributed by atoms with Crippen LogP contribution < -0.4 is 11.1 Å². The Kier molecular flexibility index (Phi) is 9.06. The molecule has 21 heavy (non-hydrogen) atoms. The van der Waals surface area contributed by atoms with Gasteiger partial charge in [0.25, 0.3) is 0 Å². The third kappa shape index (κ3) is 5.94. The van der Waals surface area contributed by atoms with Crippen molar-refractivity contribution in [2.24, 2.45) is 5.73 Å². The Bertz CT molecular complexity index is 416. The number of benzene rings is 1. The summed E-state index contributed by atoms with van der Waals surface area (Å²) in [4.78, 5) is 13.6. The number of nitrogens with one attached hydrogen (secondary N) is 1. The van der Waals surface area contributed by atoms with Crippen LogP contribution in [0.2, 0.25) is 0 Å². The molecule has 0 radical (unpaired) electrons. The van der Waals surface area contributed by atoms with Crippen LogP contribution >= 0.6 is 12.4 Å². The molecular formula is C16H28ClN3O. The smallest absolute Gasteiger partial charge is 0.317 e. The molecule has 1 atom stereocenters. The number of nitrogens with two attached hydrogens (primary N) is 1. The zero-order chi connectivity index (χ0) is 15.1. The average molecular weight is 314 g/mol. The summed E-state index contributed by atoms with van der Waals surface area (Å²) in [7, 11) is 0. The molecule has 0 aliphatic carbocycles. The zero-order valence-electron chi connectivity index (χ0n) is 13.4. The van der Waals surface area contributed by atoms with Crippen LogP contribution in [0.5, 0.6) is 0 Å². The molecule has 0 spiro atoms. The van der Waals surface area contributed by atoms with E-state index in [9.17, 15) is 4.79 Å². The number of urea groups is 1. The fraction of sp³-hybridized carbons (Fsp3) is 0.562. The molecule has 1 aromatic rings. The van der Waals surface area contributed by atoms with Gasteiger partial charge in [0.15, 0.2) is 0 Å². The maximum Gasteiger partial charge on any atom is 0.317 e. The van der Waals surface area contributed by atoms with Gasteiger partial charge >= 0.3 is 6.03 Å². The topological polar surface area (TPSA) is 58.4 Å². The van der Waals surface area contributed by atoms with Crippen molar-refractivity contribution in [1.29, 1.82) is 0 Å². The Hall–Kier alpha value is -1.26.